The molecule has 152 valence electrons. The predicted molar refractivity (Wildman–Crippen MR) is 108 cm³/mol. The molecule has 0 amide bonds. The molecule has 2 bridgehead atoms. The molecule has 28 heavy (non-hydrogen) atoms. The largest absolute Gasteiger partial charge is 0.450 e. The highest BCUT2D eigenvalue weighted by molar-refractivity contribution is 5.98. The summed E-state index contributed by atoms with van der Waals surface area (Å²) in [4.78, 5) is 38.0. The van der Waals surface area contributed by atoms with Crippen molar-refractivity contribution in [3.63, 3.8) is 0 Å². The Morgan fingerprint density at radius 1 is 1.00 bits per heavy atom. The Balaban J connectivity index is 1.72. The minimum Gasteiger partial charge on any atom is -0.450 e. The van der Waals surface area contributed by atoms with Gasteiger partial charge >= 0.3 is 5.97 Å². The second-order valence-corrected chi connectivity index (χ2v) is 9.93. The van der Waals surface area contributed by atoms with Gasteiger partial charge in [0.05, 0.1) is 5.41 Å². The number of Topliss-reactive ketones (excluding diaryl/α,β-unsaturated/α-hetero) is 2. The van der Waals surface area contributed by atoms with Gasteiger partial charge < -0.3 is 4.74 Å². The predicted octanol–water partition coefficient (Wildman–Crippen LogP) is 4.47. The summed E-state index contributed by atoms with van der Waals surface area (Å²) in [6.07, 6.45) is 2.75. The van der Waals surface area contributed by atoms with Gasteiger partial charge in [-0.2, -0.15) is 0 Å². The number of carbonyl (C=O) groups excluding carboxylic acids is 3. The molecule has 2 aliphatic rings. The average molecular weight is 385 g/mol. The first-order valence-corrected chi connectivity index (χ1v) is 10.3. The van der Waals surface area contributed by atoms with Crippen molar-refractivity contribution in [1.82, 2.24) is 0 Å². The van der Waals surface area contributed by atoms with E-state index in [1.54, 1.807) is 0 Å². The molecule has 0 spiro atoms. The molecule has 0 N–H and O–H groups in total. The third-order valence-electron chi connectivity index (χ3n) is 7.93. The van der Waals surface area contributed by atoms with Gasteiger partial charge in [-0.3, -0.25) is 14.4 Å². The van der Waals surface area contributed by atoms with E-state index in [1.165, 1.54) is 0 Å². The molecular weight excluding hydrogens is 352 g/mol. The zero-order valence-electron chi connectivity index (χ0n) is 18.0. The van der Waals surface area contributed by atoms with Crippen LogP contribution < -0.4 is 0 Å². The fraction of sp³-hybridized carbons (Fsp3) is 0.625. The van der Waals surface area contributed by atoms with E-state index in [9.17, 15) is 14.4 Å². The van der Waals surface area contributed by atoms with Crippen LogP contribution in [0.1, 0.15) is 71.9 Å². The molecule has 1 aromatic rings. The van der Waals surface area contributed by atoms with Crippen molar-refractivity contribution in [2.24, 2.45) is 16.2 Å². The van der Waals surface area contributed by atoms with Crippen molar-refractivity contribution in [2.75, 3.05) is 0 Å². The highest BCUT2D eigenvalue weighted by atomic mass is 16.6. The molecule has 0 radical (unpaired) electrons. The van der Waals surface area contributed by atoms with Crippen LogP contribution >= 0.6 is 0 Å². The van der Waals surface area contributed by atoms with Gasteiger partial charge in [-0.05, 0) is 37.3 Å². The Bertz CT molecular complexity index is 818. The maximum Gasteiger partial charge on any atom is 0.313 e. The van der Waals surface area contributed by atoms with Crippen LogP contribution in [0.25, 0.3) is 0 Å². The lowest BCUT2D eigenvalue weighted by Gasteiger charge is -2.35. The zero-order chi connectivity index (χ0) is 21.0. The van der Waals surface area contributed by atoms with E-state index in [1.807, 2.05) is 65.8 Å². The van der Waals surface area contributed by atoms with E-state index < -0.39 is 16.4 Å². The molecule has 4 heteroatoms. The van der Waals surface area contributed by atoms with E-state index in [4.69, 9.17) is 4.74 Å². The number of fused-ring (bicyclic) bond motifs is 2. The molecule has 0 aromatic heterocycles. The quantitative estimate of drug-likeness (QED) is 0.651. The topological polar surface area (TPSA) is 60.4 Å². The van der Waals surface area contributed by atoms with Gasteiger partial charge in [0.2, 0.25) is 0 Å². The minimum absolute atomic E-state index is 0.0250. The lowest BCUT2D eigenvalue weighted by Crippen LogP contribution is -2.48. The third kappa shape index (κ3) is 2.84. The Hall–Kier alpha value is -1.97. The first-order chi connectivity index (χ1) is 12.9. The van der Waals surface area contributed by atoms with Crippen LogP contribution in [0.3, 0.4) is 0 Å². The molecule has 2 atom stereocenters. The van der Waals surface area contributed by atoms with Crippen LogP contribution in [-0.4, -0.2) is 23.1 Å². The van der Waals surface area contributed by atoms with Crippen LogP contribution in [0.2, 0.25) is 0 Å². The van der Waals surface area contributed by atoms with Gasteiger partial charge in [0, 0.05) is 23.7 Å². The Morgan fingerprint density at radius 2 is 1.54 bits per heavy atom. The summed E-state index contributed by atoms with van der Waals surface area (Å²) >= 11 is 0. The Morgan fingerprint density at radius 3 is 1.96 bits per heavy atom. The van der Waals surface area contributed by atoms with Gasteiger partial charge in [-0.15, -0.1) is 0 Å². The van der Waals surface area contributed by atoms with E-state index in [2.05, 4.69) is 0 Å². The standard InChI is InChI=1S/C24H32O4/c1-7-21(2,3)18(25)14-16-8-10-17(11-9-16)15-19(26)24-13-12-23(6,20(27)28-24)22(24,4)5/h8-11H,7,12-15H2,1-6H3. The maximum atomic E-state index is 13.2. The van der Waals surface area contributed by atoms with Gasteiger partial charge in [0.1, 0.15) is 5.78 Å². The summed E-state index contributed by atoms with van der Waals surface area (Å²) in [6, 6.07) is 7.67. The van der Waals surface area contributed by atoms with Crippen LogP contribution in [0.5, 0.6) is 0 Å². The zero-order valence-corrected chi connectivity index (χ0v) is 18.0. The summed E-state index contributed by atoms with van der Waals surface area (Å²) in [7, 11) is 0. The number of ether oxygens (including phenoxy) is 1. The smallest absolute Gasteiger partial charge is 0.313 e. The first-order valence-electron chi connectivity index (χ1n) is 10.3. The van der Waals surface area contributed by atoms with E-state index >= 15 is 0 Å². The van der Waals surface area contributed by atoms with Gasteiger partial charge in [0.25, 0.3) is 0 Å². The molecule has 1 aromatic carbocycles. The van der Waals surface area contributed by atoms with Crippen LogP contribution in [0.4, 0.5) is 0 Å². The first kappa shape index (κ1) is 20.8. The van der Waals surface area contributed by atoms with E-state index in [0.29, 0.717) is 19.3 Å². The summed E-state index contributed by atoms with van der Waals surface area (Å²) in [6.45, 7) is 11.8. The highest BCUT2D eigenvalue weighted by Crippen LogP contribution is 2.65. The lowest BCUT2D eigenvalue weighted by atomic mass is 9.65. The summed E-state index contributed by atoms with van der Waals surface area (Å²) in [5.41, 5.74) is -0.579. The van der Waals surface area contributed by atoms with Crippen molar-refractivity contribution < 1.29 is 19.1 Å². The highest BCUT2D eigenvalue weighted by Gasteiger charge is 2.75. The number of carbonyl (C=O) groups is 3. The molecule has 3 rings (SSSR count). The van der Waals surface area contributed by atoms with Crippen LogP contribution in [0.15, 0.2) is 24.3 Å². The molecule has 1 aliphatic carbocycles. The number of rotatable bonds is 7. The number of hydrogen-bond donors (Lipinski definition) is 0. The molecule has 2 fully saturated rings. The minimum atomic E-state index is -1.02. The number of benzene rings is 1. The van der Waals surface area contributed by atoms with E-state index in [0.717, 1.165) is 17.5 Å². The van der Waals surface area contributed by atoms with Crippen molar-refractivity contribution in [2.45, 2.75) is 79.2 Å². The molecule has 1 aliphatic heterocycles. The summed E-state index contributed by atoms with van der Waals surface area (Å²) in [5.74, 6) is -0.0462. The van der Waals surface area contributed by atoms with Crippen molar-refractivity contribution >= 4 is 17.5 Å². The number of hydrogen-bond acceptors (Lipinski definition) is 4. The van der Waals surface area contributed by atoms with Gasteiger partial charge in [-0.1, -0.05) is 58.9 Å². The molecule has 2 unspecified atom stereocenters. The second kappa shape index (κ2) is 6.53. The van der Waals surface area contributed by atoms with Gasteiger partial charge in [-0.25, -0.2) is 0 Å². The van der Waals surface area contributed by atoms with Gasteiger partial charge in [0.15, 0.2) is 11.4 Å². The molecular formula is C24H32O4. The second-order valence-electron chi connectivity index (χ2n) is 9.93. The number of esters is 1. The average Bonchev–Trinajstić information content (AvgIpc) is 2.93. The maximum absolute atomic E-state index is 13.2. The normalized spacial score (nSPS) is 28.3. The van der Waals surface area contributed by atoms with Crippen molar-refractivity contribution in [3.05, 3.63) is 35.4 Å². The van der Waals surface area contributed by atoms with Crippen molar-refractivity contribution in [3.8, 4) is 0 Å². The summed E-state index contributed by atoms with van der Waals surface area (Å²) < 4.78 is 5.69. The third-order valence-corrected chi connectivity index (χ3v) is 7.93. The Kier molecular flexibility index (Phi) is 4.84. The molecule has 4 nitrogen and oxygen atoms in total. The number of ketones is 2. The fourth-order valence-corrected chi connectivity index (χ4v) is 4.57. The van der Waals surface area contributed by atoms with Crippen LogP contribution in [-0.2, 0) is 32.0 Å². The fourth-order valence-electron chi connectivity index (χ4n) is 4.57. The SMILES string of the molecule is CCC(C)(C)C(=O)Cc1ccc(CC(=O)C23CCC(C)(C(=O)O2)C3(C)C)cc1. The molecule has 1 heterocycles. The van der Waals surface area contributed by atoms with Crippen molar-refractivity contribution in [1.29, 1.82) is 0 Å². The Labute approximate surface area is 168 Å². The van der Waals surface area contributed by atoms with Crippen LogP contribution in [0, 0.1) is 16.2 Å². The summed E-state index contributed by atoms with van der Waals surface area (Å²) in [5, 5.41) is 0. The van der Waals surface area contributed by atoms with E-state index in [-0.39, 0.29) is 29.4 Å². The monoisotopic (exact) mass is 384 g/mol. The molecule has 1 saturated heterocycles. The molecule has 1 saturated carbocycles. The lowest BCUT2D eigenvalue weighted by molar-refractivity contribution is -0.167.